The van der Waals surface area contributed by atoms with Crippen molar-refractivity contribution in [2.75, 3.05) is 13.2 Å². The fourth-order valence-electron chi connectivity index (χ4n) is 8.82. The molecule has 6 nitrogen and oxygen atoms in total. The highest BCUT2D eigenvalue weighted by Gasteiger charge is 2.19. The Morgan fingerprint density at radius 1 is 0.294 bits per heavy atom. The van der Waals surface area contributed by atoms with E-state index in [0.717, 1.165) is 77.0 Å². The summed E-state index contributed by atoms with van der Waals surface area (Å²) in [6.45, 7) is 6.64. The topological polar surface area (TPSA) is 78.9 Å². The third-order valence-electron chi connectivity index (χ3n) is 13.4. The summed E-state index contributed by atoms with van der Waals surface area (Å²) < 4.78 is 16.9. The Morgan fingerprint density at radius 3 is 0.853 bits per heavy atom. The molecular formula is C62H114O6. The smallest absolute Gasteiger partial charge is 0.306 e. The lowest BCUT2D eigenvalue weighted by Crippen LogP contribution is -2.30. The SMILES string of the molecule is CCCCC/C=C/C/C=C/CCCCCCCC(=O)OC[C@H](COC(=O)CCCCCCCCCCC/C=C/CCCCCCCC)OC(=O)CCCCCCCCCCCCCCCCCC. The first kappa shape index (κ1) is 65.6. The first-order chi connectivity index (χ1) is 33.5. The van der Waals surface area contributed by atoms with Gasteiger partial charge in [-0.2, -0.15) is 0 Å². The number of carbonyl (C=O) groups is 3. The number of rotatable bonds is 55. The molecule has 0 fully saturated rings. The molecule has 6 heteroatoms. The van der Waals surface area contributed by atoms with Gasteiger partial charge in [0, 0.05) is 19.3 Å². The van der Waals surface area contributed by atoms with E-state index < -0.39 is 6.10 Å². The number of hydrogen-bond donors (Lipinski definition) is 0. The van der Waals surface area contributed by atoms with Crippen molar-refractivity contribution in [1.29, 1.82) is 0 Å². The van der Waals surface area contributed by atoms with Crippen molar-refractivity contribution >= 4 is 17.9 Å². The third kappa shape index (κ3) is 54.6. The number of carbonyl (C=O) groups excluding carboxylic acids is 3. The Kier molecular flexibility index (Phi) is 55.2. The Hall–Kier alpha value is -2.37. The molecule has 0 N–H and O–H groups in total. The molecule has 0 amide bonds. The van der Waals surface area contributed by atoms with E-state index in [1.165, 1.54) is 205 Å². The Morgan fingerprint density at radius 2 is 0.529 bits per heavy atom. The van der Waals surface area contributed by atoms with Crippen LogP contribution in [0.3, 0.4) is 0 Å². The fourth-order valence-corrected chi connectivity index (χ4v) is 8.82. The number of unbranched alkanes of at least 4 members (excludes halogenated alkanes) is 38. The molecular weight excluding hydrogens is 841 g/mol. The van der Waals surface area contributed by atoms with Gasteiger partial charge in [0.15, 0.2) is 6.10 Å². The minimum atomic E-state index is -0.776. The van der Waals surface area contributed by atoms with Gasteiger partial charge in [0.2, 0.25) is 0 Å². The minimum Gasteiger partial charge on any atom is -0.462 e. The number of hydrogen-bond acceptors (Lipinski definition) is 6. The molecule has 0 aliphatic carbocycles. The zero-order chi connectivity index (χ0) is 49.3. The van der Waals surface area contributed by atoms with E-state index >= 15 is 0 Å². The molecule has 0 aromatic rings. The monoisotopic (exact) mass is 955 g/mol. The van der Waals surface area contributed by atoms with Crippen molar-refractivity contribution in [1.82, 2.24) is 0 Å². The summed E-state index contributed by atoms with van der Waals surface area (Å²) in [7, 11) is 0. The van der Waals surface area contributed by atoms with Gasteiger partial charge >= 0.3 is 17.9 Å². The maximum Gasteiger partial charge on any atom is 0.306 e. The van der Waals surface area contributed by atoms with E-state index in [9.17, 15) is 14.4 Å². The van der Waals surface area contributed by atoms with Crippen LogP contribution in [0.4, 0.5) is 0 Å². The Labute approximate surface area is 423 Å². The van der Waals surface area contributed by atoms with Gasteiger partial charge in [0.1, 0.15) is 13.2 Å². The normalized spacial score (nSPS) is 12.2. The maximum atomic E-state index is 12.9. The Balaban J connectivity index is 4.34. The summed E-state index contributed by atoms with van der Waals surface area (Å²) in [5, 5.41) is 0. The second-order valence-electron chi connectivity index (χ2n) is 20.3. The van der Waals surface area contributed by atoms with Gasteiger partial charge in [-0.05, 0) is 77.0 Å². The van der Waals surface area contributed by atoms with Crippen LogP contribution >= 0.6 is 0 Å². The van der Waals surface area contributed by atoms with Crippen LogP contribution in [-0.4, -0.2) is 37.2 Å². The molecule has 0 saturated heterocycles. The third-order valence-corrected chi connectivity index (χ3v) is 13.4. The summed E-state index contributed by atoms with van der Waals surface area (Å²) in [4.78, 5) is 38.2. The van der Waals surface area contributed by atoms with Crippen molar-refractivity contribution in [3.8, 4) is 0 Å². The molecule has 0 bridgehead atoms. The van der Waals surface area contributed by atoms with Gasteiger partial charge < -0.3 is 14.2 Å². The molecule has 0 unspecified atom stereocenters. The van der Waals surface area contributed by atoms with Gasteiger partial charge in [0.25, 0.3) is 0 Å². The quantitative estimate of drug-likeness (QED) is 0.0262. The second kappa shape index (κ2) is 57.2. The van der Waals surface area contributed by atoms with Gasteiger partial charge in [-0.25, -0.2) is 0 Å². The van der Waals surface area contributed by atoms with Crippen LogP contribution in [0.15, 0.2) is 36.5 Å². The van der Waals surface area contributed by atoms with Crippen LogP contribution in [0.5, 0.6) is 0 Å². The summed E-state index contributed by atoms with van der Waals surface area (Å²) >= 11 is 0. The molecule has 0 saturated carbocycles. The Bertz CT molecular complexity index is 1140. The number of ether oxygens (including phenoxy) is 3. The van der Waals surface area contributed by atoms with Crippen LogP contribution in [0.2, 0.25) is 0 Å². The predicted molar refractivity (Wildman–Crippen MR) is 293 cm³/mol. The van der Waals surface area contributed by atoms with E-state index in [1.54, 1.807) is 0 Å². The summed E-state index contributed by atoms with van der Waals surface area (Å²) in [6.07, 6.45) is 68.5. The molecule has 0 aromatic heterocycles. The zero-order valence-electron chi connectivity index (χ0n) is 45.6. The lowest BCUT2D eigenvalue weighted by Gasteiger charge is -2.18. The minimum absolute atomic E-state index is 0.0740. The van der Waals surface area contributed by atoms with Crippen LogP contribution in [0.25, 0.3) is 0 Å². The van der Waals surface area contributed by atoms with Crippen LogP contribution < -0.4 is 0 Å². The molecule has 0 aliphatic rings. The molecule has 398 valence electrons. The van der Waals surface area contributed by atoms with E-state index in [4.69, 9.17) is 14.2 Å². The maximum absolute atomic E-state index is 12.9. The summed E-state index contributed by atoms with van der Waals surface area (Å²) in [6, 6.07) is 0. The van der Waals surface area contributed by atoms with Crippen molar-refractivity contribution < 1.29 is 28.6 Å². The van der Waals surface area contributed by atoms with Crippen molar-refractivity contribution in [2.24, 2.45) is 0 Å². The molecule has 0 aliphatic heterocycles. The van der Waals surface area contributed by atoms with Gasteiger partial charge in [0.05, 0.1) is 0 Å². The molecule has 0 spiro atoms. The van der Waals surface area contributed by atoms with Gasteiger partial charge in [-0.3, -0.25) is 14.4 Å². The highest BCUT2D eigenvalue weighted by molar-refractivity contribution is 5.71. The second-order valence-corrected chi connectivity index (χ2v) is 20.3. The molecule has 1 atom stereocenters. The van der Waals surface area contributed by atoms with E-state index in [1.807, 2.05) is 0 Å². The highest BCUT2D eigenvalue weighted by atomic mass is 16.6. The fraction of sp³-hybridized carbons (Fsp3) is 0.855. The lowest BCUT2D eigenvalue weighted by atomic mass is 10.0. The average molecular weight is 956 g/mol. The van der Waals surface area contributed by atoms with Crippen molar-refractivity contribution in [2.45, 2.75) is 329 Å². The van der Waals surface area contributed by atoms with E-state index in [-0.39, 0.29) is 31.1 Å². The summed E-state index contributed by atoms with van der Waals surface area (Å²) in [5.74, 6) is -0.870. The largest absolute Gasteiger partial charge is 0.462 e. The lowest BCUT2D eigenvalue weighted by molar-refractivity contribution is -0.167. The first-order valence-electron chi connectivity index (χ1n) is 30.0. The van der Waals surface area contributed by atoms with Crippen LogP contribution in [0, 0.1) is 0 Å². The number of esters is 3. The van der Waals surface area contributed by atoms with Gasteiger partial charge in [-0.1, -0.05) is 263 Å². The average Bonchev–Trinajstić information content (AvgIpc) is 3.34. The molecule has 68 heavy (non-hydrogen) atoms. The highest BCUT2D eigenvalue weighted by Crippen LogP contribution is 2.17. The van der Waals surface area contributed by atoms with E-state index in [0.29, 0.717) is 19.3 Å². The zero-order valence-corrected chi connectivity index (χ0v) is 45.6. The number of allylic oxidation sites excluding steroid dienone is 6. The van der Waals surface area contributed by atoms with Crippen LogP contribution in [0.1, 0.15) is 323 Å². The molecule has 0 heterocycles. The molecule has 0 radical (unpaired) electrons. The van der Waals surface area contributed by atoms with E-state index in [2.05, 4.69) is 57.2 Å². The first-order valence-corrected chi connectivity index (χ1v) is 30.0. The van der Waals surface area contributed by atoms with Gasteiger partial charge in [-0.15, -0.1) is 0 Å². The predicted octanol–water partition coefficient (Wildman–Crippen LogP) is 20.0. The van der Waals surface area contributed by atoms with Crippen LogP contribution in [-0.2, 0) is 28.6 Å². The summed E-state index contributed by atoms with van der Waals surface area (Å²) in [5.41, 5.74) is 0. The standard InChI is InChI=1S/C62H114O6/c1-4-7-10-13-16-19-22-25-28-30-31-32-35-37-40-43-46-49-52-55-61(64)67-58-59(57-66-60(63)54-51-48-45-42-39-36-33-27-24-21-18-15-12-9-6-3)68-62(65)56-53-50-47-44-41-38-34-29-26-23-20-17-14-11-8-5-2/h18,21,25,27-28,33,59H,4-17,19-20,22-24,26,29-32,34-58H2,1-3H3/b21-18+,28-25+,33-27+/t59-/m1/s1. The van der Waals surface area contributed by atoms with Crippen molar-refractivity contribution in [3.05, 3.63) is 36.5 Å². The molecule has 0 aromatic carbocycles. The molecule has 0 rings (SSSR count). The van der Waals surface area contributed by atoms with Crippen molar-refractivity contribution in [3.63, 3.8) is 0 Å².